The van der Waals surface area contributed by atoms with E-state index >= 15 is 0 Å². The molecule has 0 nitrogen and oxygen atoms in total. The van der Waals surface area contributed by atoms with Crippen LogP contribution in [0.3, 0.4) is 0 Å². The summed E-state index contributed by atoms with van der Waals surface area (Å²) >= 11 is 0. The van der Waals surface area contributed by atoms with Gasteiger partial charge >= 0.3 is 0 Å². The van der Waals surface area contributed by atoms with Crippen LogP contribution >= 0.6 is 20.3 Å². The molecule has 3 aromatic rings. The number of hydrogen-bond donors (Lipinski definition) is 0. The van der Waals surface area contributed by atoms with Gasteiger partial charge in [-0.25, -0.2) is 0 Å². The molecule has 1 atom stereocenters. The average molecular weight is 397 g/mol. The summed E-state index contributed by atoms with van der Waals surface area (Å²) in [6.07, 6.45) is 6.41. The summed E-state index contributed by atoms with van der Waals surface area (Å²) < 4.78 is 0. The highest BCUT2D eigenvalue weighted by atomic mass is 35.5. The van der Waals surface area contributed by atoms with Crippen LogP contribution in [0.25, 0.3) is 0 Å². The van der Waals surface area contributed by atoms with E-state index in [4.69, 9.17) is 0 Å². The third kappa shape index (κ3) is 6.49. The lowest BCUT2D eigenvalue weighted by Gasteiger charge is -2.29. The minimum Gasteiger partial charge on any atom is -0.147 e. The molecular formula is C25H30ClP. The highest BCUT2D eigenvalue weighted by molar-refractivity contribution is 7.73. The summed E-state index contributed by atoms with van der Waals surface area (Å²) in [6.45, 7) is 2.30. The molecule has 0 N–H and O–H groups in total. The van der Waals surface area contributed by atoms with Crippen molar-refractivity contribution in [3.63, 3.8) is 0 Å². The molecule has 0 amide bonds. The predicted octanol–water partition coefficient (Wildman–Crippen LogP) is 6.73. The zero-order valence-corrected chi connectivity index (χ0v) is 17.8. The first kappa shape index (κ1) is 21.7. The van der Waals surface area contributed by atoms with E-state index < -0.39 is 0 Å². The number of hydrogen-bond acceptors (Lipinski definition) is 0. The second-order valence-corrected chi connectivity index (χ2v) is 9.38. The van der Waals surface area contributed by atoms with Crippen molar-refractivity contribution in [2.45, 2.75) is 44.7 Å². The fraction of sp³-hybridized carbons (Fsp3) is 0.280. The quantitative estimate of drug-likeness (QED) is 0.278. The molecule has 0 radical (unpaired) electrons. The lowest BCUT2D eigenvalue weighted by molar-refractivity contribution is 0.640. The molecule has 1 unspecified atom stereocenters. The van der Waals surface area contributed by atoms with Crippen LogP contribution < -0.4 is 10.6 Å². The van der Waals surface area contributed by atoms with Crippen LogP contribution in [0.2, 0.25) is 0 Å². The van der Waals surface area contributed by atoms with Crippen molar-refractivity contribution >= 4 is 30.9 Å². The van der Waals surface area contributed by atoms with E-state index in [-0.39, 0.29) is 20.3 Å². The Bertz CT molecular complexity index is 704. The number of benzene rings is 3. The molecule has 142 valence electrons. The van der Waals surface area contributed by atoms with Crippen molar-refractivity contribution in [3.05, 3.63) is 96.6 Å². The van der Waals surface area contributed by atoms with Gasteiger partial charge in [-0.1, -0.05) is 117 Å². The van der Waals surface area contributed by atoms with Crippen LogP contribution in [0.1, 0.15) is 38.2 Å². The smallest absolute Gasteiger partial charge is 0.00883 e. The lowest BCUT2D eigenvalue weighted by atomic mass is 10.1. The summed E-state index contributed by atoms with van der Waals surface area (Å²) in [7, 11) is -0.355. The van der Waals surface area contributed by atoms with Gasteiger partial charge in [-0.15, -0.1) is 12.4 Å². The van der Waals surface area contributed by atoms with Gasteiger partial charge in [-0.2, -0.15) is 0 Å². The number of halogens is 1. The molecule has 2 heteroatoms. The normalized spacial score (nSPS) is 11.8. The molecule has 0 spiro atoms. The Labute approximate surface area is 172 Å². The molecular weight excluding hydrogens is 367 g/mol. The fourth-order valence-corrected chi connectivity index (χ4v) is 6.55. The van der Waals surface area contributed by atoms with E-state index in [1.807, 2.05) is 0 Å². The van der Waals surface area contributed by atoms with Crippen molar-refractivity contribution in [1.29, 1.82) is 0 Å². The zero-order chi connectivity index (χ0) is 18.0. The first-order chi connectivity index (χ1) is 12.9. The van der Waals surface area contributed by atoms with Crippen molar-refractivity contribution in [3.8, 4) is 0 Å². The average Bonchev–Trinajstić information content (AvgIpc) is 2.71. The highest BCUT2D eigenvalue weighted by Gasteiger charge is 2.24. The first-order valence-electron chi connectivity index (χ1n) is 9.81. The minimum atomic E-state index is -0.355. The van der Waals surface area contributed by atoms with Crippen LogP contribution in [0.15, 0.2) is 91.0 Å². The van der Waals surface area contributed by atoms with Gasteiger partial charge in [0, 0.05) is 0 Å². The Hall–Kier alpha value is -1.62. The second-order valence-electron chi connectivity index (χ2n) is 6.88. The molecule has 0 aromatic heterocycles. The van der Waals surface area contributed by atoms with Gasteiger partial charge in [0.25, 0.3) is 0 Å². The summed E-state index contributed by atoms with van der Waals surface area (Å²) in [5, 5.41) is 3.01. The van der Waals surface area contributed by atoms with E-state index in [0.29, 0.717) is 5.66 Å². The largest absolute Gasteiger partial charge is 0.147 e. The summed E-state index contributed by atoms with van der Waals surface area (Å²) in [5.41, 5.74) is 2.15. The molecule has 3 rings (SSSR count). The lowest BCUT2D eigenvalue weighted by Crippen LogP contribution is -2.23. The van der Waals surface area contributed by atoms with Crippen LogP contribution in [-0.4, -0.2) is 5.66 Å². The van der Waals surface area contributed by atoms with Crippen LogP contribution in [0.5, 0.6) is 0 Å². The topological polar surface area (TPSA) is 0 Å². The van der Waals surface area contributed by atoms with Gasteiger partial charge in [0.15, 0.2) is 0 Å². The SMILES string of the molecule is CCCCCC(Cc1ccccc1)P(c1ccccc1)c1ccccc1.Cl. The molecule has 0 aliphatic heterocycles. The van der Waals surface area contributed by atoms with Gasteiger partial charge in [-0.05, 0) is 42.6 Å². The van der Waals surface area contributed by atoms with Gasteiger partial charge in [0.1, 0.15) is 0 Å². The van der Waals surface area contributed by atoms with Crippen molar-refractivity contribution in [2.24, 2.45) is 0 Å². The molecule has 0 saturated carbocycles. The van der Waals surface area contributed by atoms with Crippen molar-refractivity contribution in [2.75, 3.05) is 0 Å². The standard InChI is InChI=1S/C25H29P.ClH/c1-2-3-7-20-25(21-22-14-8-4-9-15-22)26(23-16-10-5-11-17-23)24-18-12-6-13-19-24;/h4-6,8-19,25H,2-3,7,20-21H2,1H3;1H. The molecule has 0 saturated heterocycles. The van der Waals surface area contributed by atoms with Crippen LogP contribution in [-0.2, 0) is 6.42 Å². The Morgan fingerprint density at radius 1 is 0.667 bits per heavy atom. The Morgan fingerprint density at radius 2 is 1.15 bits per heavy atom. The summed E-state index contributed by atoms with van der Waals surface area (Å²) in [5.74, 6) is 0. The van der Waals surface area contributed by atoms with E-state index in [9.17, 15) is 0 Å². The second kappa shape index (κ2) is 12.0. The molecule has 0 heterocycles. The van der Waals surface area contributed by atoms with Crippen LogP contribution in [0, 0.1) is 0 Å². The summed E-state index contributed by atoms with van der Waals surface area (Å²) in [4.78, 5) is 0. The van der Waals surface area contributed by atoms with Gasteiger partial charge in [-0.3, -0.25) is 0 Å². The Balaban J connectivity index is 0.00000261. The monoisotopic (exact) mass is 396 g/mol. The van der Waals surface area contributed by atoms with E-state index in [1.165, 1.54) is 48.3 Å². The number of unbranched alkanes of at least 4 members (excludes halogenated alkanes) is 2. The molecule has 0 bridgehead atoms. The van der Waals surface area contributed by atoms with Crippen molar-refractivity contribution in [1.82, 2.24) is 0 Å². The summed E-state index contributed by atoms with van der Waals surface area (Å²) in [6, 6.07) is 33.4. The Morgan fingerprint density at radius 3 is 1.63 bits per heavy atom. The maximum Gasteiger partial charge on any atom is -0.00883 e. The molecule has 0 fully saturated rings. The van der Waals surface area contributed by atoms with Gasteiger partial charge < -0.3 is 0 Å². The van der Waals surface area contributed by atoms with Gasteiger partial charge in [0.2, 0.25) is 0 Å². The maximum absolute atomic E-state index is 2.33. The van der Waals surface area contributed by atoms with E-state index in [1.54, 1.807) is 0 Å². The molecule has 0 aliphatic rings. The van der Waals surface area contributed by atoms with E-state index in [2.05, 4.69) is 97.9 Å². The molecule has 27 heavy (non-hydrogen) atoms. The Kier molecular flexibility index (Phi) is 9.60. The minimum absolute atomic E-state index is 0. The maximum atomic E-state index is 2.33. The zero-order valence-electron chi connectivity index (χ0n) is 16.1. The predicted molar refractivity (Wildman–Crippen MR) is 124 cm³/mol. The van der Waals surface area contributed by atoms with E-state index in [0.717, 1.165) is 0 Å². The van der Waals surface area contributed by atoms with Crippen LogP contribution in [0.4, 0.5) is 0 Å². The first-order valence-corrected chi connectivity index (χ1v) is 11.2. The molecule has 3 aromatic carbocycles. The van der Waals surface area contributed by atoms with Crippen molar-refractivity contribution < 1.29 is 0 Å². The number of rotatable bonds is 9. The van der Waals surface area contributed by atoms with Gasteiger partial charge in [0.05, 0.1) is 0 Å². The third-order valence-corrected chi connectivity index (χ3v) is 7.77. The fourth-order valence-electron chi connectivity index (χ4n) is 3.59. The highest BCUT2D eigenvalue weighted by Crippen LogP contribution is 2.43. The molecule has 0 aliphatic carbocycles. The third-order valence-electron chi connectivity index (χ3n) is 4.89.